The molecule has 4 nitrogen and oxygen atoms in total. The first-order chi connectivity index (χ1) is 9.20. The van der Waals surface area contributed by atoms with Crippen LogP contribution in [0, 0.1) is 0 Å². The Morgan fingerprint density at radius 2 is 1.74 bits per heavy atom. The van der Waals surface area contributed by atoms with E-state index in [1.807, 2.05) is 36.4 Å². The summed E-state index contributed by atoms with van der Waals surface area (Å²) < 4.78 is 9.01. The summed E-state index contributed by atoms with van der Waals surface area (Å²) in [5.74, 6) is 0. The van der Waals surface area contributed by atoms with E-state index in [-0.39, 0.29) is 0 Å². The summed E-state index contributed by atoms with van der Waals surface area (Å²) in [5.41, 5.74) is 2.45. The minimum absolute atomic E-state index is 0.492. The number of carbonyl (C=O) groups is 1. The van der Waals surface area contributed by atoms with Gasteiger partial charge >= 0.3 is 13.3 Å². The van der Waals surface area contributed by atoms with Crippen LogP contribution in [0.25, 0.3) is 11.1 Å². The Kier molecular flexibility index (Phi) is 4.20. The number of benzene rings is 2. The summed E-state index contributed by atoms with van der Waals surface area (Å²) in [5, 5.41) is 9.77. The Hall–Kier alpha value is -2.27. The van der Waals surface area contributed by atoms with Crippen molar-refractivity contribution in [1.29, 1.82) is 0 Å². The molecule has 0 bridgehead atoms. The lowest BCUT2D eigenvalue weighted by molar-refractivity contribution is 0.115. The lowest BCUT2D eigenvalue weighted by Crippen LogP contribution is -2.35. The van der Waals surface area contributed by atoms with Crippen molar-refractivity contribution in [3.8, 4) is 11.1 Å². The highest BCUT2D eigenvalue weighted by Gasteiger charge is 2.22. The van der Waals surface area contributed by atoms with Gasteiger partial charge in [-0.15, -0.1) is 0 Å². The summed E-state index contributed by atoms with van der Waals surface area (Å²) in [6.45, 7) is 0. The van der Waals surface area contributed by atoms with Crippen LogP contribution < -0.4 is 5.46 Å². The van der Waals surface area contributed by atoms with Crippen LogP contribution in [0.3, 0.4) is 0 Å². The second-order valence-corrected chi connectivity index (χ2v) is 3.92. The minimum Gasteiger partial charge on any atom is -0.473 e. The van der Waals surface area contributed by atoms with Gasteiger partial charge in [-0.2, -0.15) is 0 Å². The van der Waals surface area contributed by atoms with Crippen molar-refractivity contribution in [2.45, 2.75) is 0 Å². The van der Waals surface area contributed by atoms with Crippen LogP contribution in [0.5, 0.6) is 0 Å². The lowest BCUT2D eigenvalue weighted by Gasteiger charge is -2.09. The van der Waals surface area contributed by atoms with E-state index in [0.717, 1.165) is 11.1 Å². The Labute approximate surface area is 111 Å². The summed E-state index contributed by atoms with van der Waals surface area (Å²) in [7, 11) is -0.147. The van der Waals surface area contributed by atoms with Gasteiger partial charge in [-0.05, 0) is 16.6 Å². The molecule has 0 amide bonds. The topological polar surface area (TPSA) is 55.8 Å². The van der Waals surface area contributed by atoms with Crippen LogP contribution in [0.1, 0.15) is 0 Å². The standard InChI is InChI=1S/C14H13BO4/c1-18-14(16)19-15(17)13-9-5-8-12(10-13)11-6-3-2-4-7-11/h2-10,17H,1H3. The van der Waals surface area contributed by atoms with Gasteiger partial charge in [0.15, 0.2) is 0 Å². The molecule has 0 saturated heterocycles. The zero-order valence-electron chi connectivity index (χ0n) is 10.4. The predicted octanol–water partition coefficient (Wildman–Crippen LogP) is 1.82. The predicted molar refractivity (Wildman–Crippen MR) is 73.0 cm³/mol. The molecule has 0 radical (unpaired) electrons. The third-order valence-corrected chi connectivity index (χ3v) is 2.65. The largest absolute Gasteiger partial charge is 0.564 e. The first-order valence-corrected chi connectivity index (χ1v) is 5.79. The zero-order chi connectivity index (χ0) is 13.7. The molecule has 0 heterocycles. The average molecular weight is 256 g/mol. The molecule has 2 rings (SSSR count). The average Bonchev–Trinajstić information content (AvgIpc) is 2.48. The van der Waals surface area contributed by atoms with Crippen LogP contribution in [0.15, 0.2) is 54.6 Å². The molecule has 0 aliphatic rings. The summed E-state index contributed by atoms with van der Waals surface area (Å²) in [4.78, 5) is 10.9. The third-order valence-electron chi connectivity index (χ3n) is 2.65. The molecule has 0 aliphatic heterocycles. The summed E-state index contributed by atoms with van der Waals surface area (Å²) in [6, 6.07) is 16.9. The molecule has 0 aliphatic carbocycles. The number of hydrogen-bond acceptors (Lipinski definition) is 4. The molecular weight excluding hydrogens is 243 g/mol. The first-order valence-electron chi connectivity index (χ1n) is 5.79. The van der Waals surface area contributed by atoms with Gasteiger partial charge in [0.05, 0.1) is 7.11 Å². The van der Waals surface area contributed by atoms with E-state index in [1.165, 1.54) is 7.11 Å². The monoisotopic (exact) mass is 256 g/mol. The van der Waals surface area contributed by atoms with Gasteiger partial charge in [-0.25, -0.2) is 4.79 Å². The summed E-state index contributed by atoms with van der Waals surface area (Å²) >= 11 is 0. The molecule has 0 spiro atoms. The van der Waals surface area contributed by atoms with E-state index < -0.39 is 13.3 Å². The van der Waals surface area contributed by atoms with Gasteiger partial charge in [-0.1, -0.05) is 54.6 Å². The van der Waals surface area contributed by atoms with Crippen LogP contribution in [-0.4, -0.2) is 25.4 Å². The van der Waals surface area contributed by atoms with E-state index >= 15 is 0 Å². The van der Waals surface area contributed by atoms with Crippen molar-refractivity contribution < 1.29 is 19.2 Å². The minimum atomic E-state index is -1.34. The second-order valence-electron chi connectivity index (χ2n) is 3.92. The van der Waals surface area contributed by atoms with Gasteiger partial charge in [0.25, 0.3) is 0 Å². The smallest absolute Gasteiger partial charge is 0.473 e. The molecule has 0 fully saturated rings. The maximum Gasteiger partial charge on any atom is 0.564 e. The number of hydrogen-bond donors (Lipinski definition) is 1. The van der Waals surface area contributed by atoms with Crippen LogP contribution in [0.4, 0.5) is 4.79 Å². The van der Waals surface area contributed by atoms with E-state index in [9.17, 15) is 9.82 Å². The van der Waals surface area contributed by atoms with Crippen molar-refractivity contribution in [3.05, 3.63) is 54.6 Å². The third kappa shape index (κ3) is 3.36. The zero-order valence-corrected chi connectivity index (χ0v) is 10.4. The fraction of sp³-hybridized carbons (Fsp3) is 0.0714. The molecule has 1 N–H and O–H groups in total. The molecular formula is C14H13BO4. The van der Waals surface area contributed by atoms with E-state index in [1.54, 1.807) is 18.2 Å². The maximum atomic E-state index is 10.9. The normalized spacial score (nSPS) is 9.79. The van der Waals surface area contributed by atoms with Crippen molar-refractivity contribution in [2.75, 3.05) is 7.11 Å². The number of methoxy groups -OCH3 is 1. The Bertz CT molecular complexity index is 556. The Balaban J connectivity index is 2.22. The fourth-order valence-corrected chi connectivity index (χ4v) is 1.71. The van der Waals surface area contributed by atoms with Crippen molar-refractivity contribution in [2.24, 2.45) is 0 Å². The van der Waals surface area contributed by atoms with Crippen LogP contribution >= 0.6 is 0 Å². The second kappa shape index (κ2) is 6.06. The number of carbonyl (C=O) groups excluding carboxylic acids is 1. The molecule has 2 aromatic rings. The highest BCUT2D eigenvalue weighted by Crippen LogP contribution is 2.17. The molecule has 0 saturated carbocycles. The van der Waals surface area contributed by atoms with Gasteiger partial charge in [-0.3, -0.25) is 0 Å². The molecule has 19 heavy (non-hydrogen) atoms. The highest BCUT2D eigenvalue weighted by molar-refractivity contribution is 6.61. The highest BCUT2D eigenvalue weighted by atomic mass is 16.7. The van der Waals surface area contributed by atoms with Gasteiger partial charge in [0.2, 0.25) is 0 Å². The SMILES string of the molecule is COC(=O)OB(O)c1cccc(-c2ccccc2)c1. The lowest BCUT2D eigenvalue weighted by atomic mass is 9.78. The van der Waals surface area contributed by atoms with E-state index in [0.29, 0.717) is 5.46 Å². The Morgan fingerprint density at radius 1 is 1.05 bits per heavy atom. The van der Waals surface area contributed by atoms with Crippen molar-refractivity contribution >= 4 is 18.7 Å². The van der Waals surface area contributed by atoms with Gasteiger partial charge in [0, 0.05) is 0 Å². The maximum absolute atomic E-state index is 10.9. The van der Waals surface area contributed by atoms with Crippen LogP contribution in [-0.2, 0) is 9.39 Å². The number of rotatable bonds is 3. The molecule has 0 atom stereocenters. The van der Waals surface area contributed by atoms with Gasteiger partial charge in [0.1, 0.15) is 0 Å². The molecule has 2 aromatic carbocycles. The summed E-state index contributed by atoms with van der Waals surface area (Å²) in [6.07, 6.45) is -0.919. The van der Waals surface area contributed by atoms with Crippen molar-refractivity contribution in [3.63, 3.8) is 0 Å². The van der Waals surface area contributed by atoms with Crippen LogP contribution in [0.2, 0.25) is 0 Å². The van der Waals surface area contributed by atoms with Crippen molar-refractivity contribution in [1.82, 2.24) is 0 Å². The van der Waals surface area contributed by atoms with E-state index in [2.05, 4.69) is 9.39 Å². The molecule has 96 valence electrons. The number of ether oxygens (including phenoxy) is 1. The fourth-order valence-electron chi connectivity index (χ4n) is 1.71. The molecule has 5 heteroatoms. The van der Waals surface area contributed by atoms with Gasteiger partial charge < -0.3 is 14.4 Å². The molecule has 0 aromatic heterocycles. The first kappa shape index (κ1) is 13.2. The molecule has 0 unspecified atom stereocenters. The van der Waals surface area contributed by atoms with E-state index in [4.69, 9.17) is 0 Å². The Morgan fingerprint density at radius 3 is 2.42 bits per heavy atom. The quantitative estimate of drug-likeness (QED) is 0.672.